The van der Waals surface area contributed by atoms with Gasteiger partial charge in [0.25, 0.3) is 0 Å². The molecule has 0 aliphatic heterocycles. The zero-order valence-corrected chi connectivity index (χ0v) is 11.3. The van der Waals surface area contributed by atoms with Crippen molar-refractivity contribution in [3.63, 3.8) is 0 Å². The molecule has 19 heavy (non-hydrogen) atoms. The minimum Gasteiger partial charge on any atom is -0.370 e. The smallest absolute Gasteiger partial charge is 0.347 e. The molecule has 0 bridgehead atoms. The maximum absolute atomic E-state index is 11.7. The van der Waals surface area contributed by atoms with Gasteiger partial charge in [-0.05, 0) is 36.6 Å². The Morgan fingerprint density at radius 1 is 1.37 bits per heavy atom. The summed E-state index contributed by atoms with van der Waals surface area (Å²) in [6.45, 7) is 5.43. The van der Waals surface area contributed by atoms with Crippen molar-refractivity contribution >= 4 is 5.82 Å². The number of nitrogens with one attached hydrogen (secondary N) is 1. The standard InChI is InChI=1S/C14H18N4O/c1-3-5-15-13-7-12(4-6-16-13)10-18-9-11(2)8-17-14(18)19/h4,6-9H,3,5,10H2,1-2H3,(H,15,16). The van der Waals surface area contributed by atoms with Gasteiger partial charge in [0.1, 0.15) is 5.82 Å². The predicted molar refractivity (Wildman–Crippen MR) is 75.4 cm³/mol. The van der Waals surface area contributed by atoms with Crippen molar-refractivity contribution < 1.29 is 0 Å². The molecule has 100 valence electrons. The zero-order chi connectivity index (χ0) is 13.7. The molecule has 5 heteroatoms. The molecule has 0 fully saturated rings. The second kappa shape index (κ2) is 6.13. The van der Waals surface area contributed by atoms with Gasteiger partial charge in [-0.25, -0.2) is 14.8 Å². The van der Waals surface area contributed by atoms with Crippen LogP contribution in [0.3, 0.4) is 0 Å². The first kappa shape index (κ1) is 13.3. The molecule has 0 radical (unpaired) electrons. The summed E-state index contributed by atoms with van der Waals surface area (Å²) in [6.07, 6.45) is 6.20. The van der Waals surface area contributed by atoms with Gasteiger partial charge in [0.15, 0.2) is 0 Å². The molecule has 2 rings (SSSR count). The summed E-state index contributed by atoms with van der Waals surface area (Å²) in [6, 6.07) is 3.87. The third-order valence-electron chi connectivity index (χ3n) is 2.72. The lowest BCUT2D eigenvalue weighted by atomic mass is 10.2. The van der Waals surface area contributed by atoms with Gasteiger partial charge in [0.2, 0.25) is 0 Å². The molecule has 5 nitrogen and oxygen atoms in total. The van der Waals surface area contributed by atoms with Crippen LogP contribution < -0.4 is 11.0 Å². The summed E-state index contributed by atoms with van der Waals surface area (Å²) >= 11 is 0. The second-order valence-corrected chi connectivity index (χ2v) is 4.52. The van der Waals surface area contributed by atoms with Crippen molar-refractivity contribution in [1.29, 1.82) is 0 Å². The number of anilines is 1. The summed E-state index contributed by atoms with van der Waals surface area (Å²) in [5, 5.41) is 3.23. The summed E-state index contributed by atoms with van der Waals surface area (Å²) in [5.41, 5.74) is 1.77. The largest absolute Gasteiger partial charge is 0.370 e. The molecule has 2 heterocycles. The van der Waals surface area contributed by atoms with Gasteiger partial charge < -0.3 is 5.32 Å². The van der Waals surface area contributed by atoms with Crippen molar-refractivity contribution in [2.24, 2.45) is 0 Å². The Labute approximate surface area is 112 Å². The van der Waals surface area contributed by atoms with Crippen LogP contribution in [-0.2, 0) is 6.54 Å². The van der Waals surface area contributed by atoms with Crippen LogP contribution in [0.5, 0.6) is 0 Å². The number of rotatable bonds is 5. The van der Waals surface area contributed by atoms with Crippen molar-refractivity contribution in [3.05, 3.63) is 52.3 Å². The second-order valence-electron chi connectivity index (χ2n) is 4.52. The van der Waals surface area contributed by atoms with Crippen molar-refractivity contribution in [2.75, 3.05) is 11.9 Å². The lowest BCUT2D eigenvalue weighted by Crippen LogP contribution is -2.22. The molecule has 2 aromatic heterocycles. The third kappa shape index (κ3) is 3.64. The van der Waals surface area contributed by atoms with E-state index in [4.69, 9.17) is 0 Å². The van der Waals surface area contributed by atoms with Crippen molar-refractivity contribution in [3.8, 4) is 0 Å². The Hall–Kier alpha value is -2.17. The zero-order valence-electron chi connectivity index (χ0n) is 11.3. The van der Waals surface area contributed by atoms with Crippen LogP contribution in [0, 0.1) is 6.92 Å². The van der Waals surface area contributed by atoms with Crippen LogP contribution in [-0.4, -0.2) is 21.1 Å². The topological polar surface area (TPSA) is 59.8 Å². The van der Waals surface area contributed by atoms with Crippen LogP contribution in [0.1, 0.15) is 24.5 Å². The molecule has 0 unspecified atom stereocenters. The average Bonchev–Trinajstić information content (AvgIpc) is 2.41. The Kier molecular flexibility index (Phi) is 4.28. The van der Waals surface area contributed by atoms with E-state index < -0.39 is 0 Å². The fraction of sp³-hybridized carbons (Fsp3) is 0.357. The van der Waals surface area contributed by atoms with Gasteiger partial charge in [-0.1, -0.05) is 6.92 Å². The molecule has 0 saturated heterocycles. The summed E-state index contributed by atoms with van der Waals surface area (Å²) < 4.78 is 1.61. The molecule has 0 amide bonds. The number of hydrogen-bond donors (Lipinski definition) is 1. The SMILES string of the molecule is CCCNc1cc(Cn2cc(C)cnc2=O)ccn1. The van der Waals surface area contributed by atoms with Gasteiger partial charge in [0, 0.05) is 25.1 Å². The van der Waals surface area contributed by atoms with Crippen LogP contribution >= 0.6 is 0 Å². The molecule has 0 spiro atoms. The first-order valence-electron chi connectivity index (χ1n) is 6.41. The Morgan fingerprint density at radius 2 is 2.21 bits per heavy atom. The molecule has 0 atom stereocenters. The van der Waals surface area contributed by atoms with Crippen LogP contribution in [0.4, 0.5) is 5.82 Å². The first-order valence-corrected chi connectivity index (χ1v) is 6.41. The fourth-order valence-electron chi connectivity index (χ4n) is 1.80. The average molecular weight is 258 g/mol. The van der Waals surface area contributed by atoms with Gasteiger partial charge in [-0.3, -0.25) is 4.57 Å². The summed E-state index contributed by atoms with van der Waals surface area (Å²) in [4.78, 5) is 19.7. The Balaban J connectivity index is 2.18. The molecular weight excluding hydrogens is 240 g/mol. The fourth-order valence-corrected chi connectivity index (χ4v) is 1.80. The number of pyridine rings is 1. The Bertz CT molecular complexity index is 606. The third-order valence-corrected chi connectivity index (χ3v) is 2.72. The lowest BCUT2D eigenvalue weighted by molar-refractivity contribution is 0.720. The van der Waals surface area contributed by atoms with Crippen molar-refractivity contribution in [2.45, 2.75) is 26.8 Å². The van der Waals surface area contributed by atoms with Gasteiger partial charge in [0.05, 0.1) is 6.54 Å². The van der Waals surface area contributed by atoms with E-state index in [1.54, 1.807) is 17.0 Å². The number of aryl methyl sites for hydroxylation is 1. The maximum atomic E-state index is 11.7. The highest BCUT2D eigenvalue weighted by Crippen LogP contribution is 2.08. The normalized spacial score (nSPS) is 10.4. The highest BCUT2D eigenvalue weighted by Gasteiger charge is 2.01. The molecule has 0 aliphatic carbocycles. The summed E-state index contributed by atoms with van der Waals surface area (Å²) in [7, 11) is 0. The van der Waals surface area contributed by atoms with Crippen LogP contribution in [0.2, 0.25) is 0 Å². The van der Waals surface area contributed by atoms with E-state index in [0.29, 0.717) is 6.54 Å². The van der Waals surface area contributed by atoms with E-state index in [1.807, 2.05) is 25.3 Å². The quantitative estimate of drug-likeness (QED) is 0.888. The van der Waals surface area contributed by atoms with E-state index in [1.165, 1.54) is 0 Å². The van der Waals surface area contributed by atoms with E-state index in [-0.39, 0.29) is 5.69 Å². The minimum absolute atomic E-state index is 0.231. The molecule has 2 aromatic rings. The lowest BCUT2D eigenvalue weighted by Gasteiger charge is -2.08. The van der Waals surface area contributed by atoms with Crippen molar-refractivity contribution in [1.82, 2.24) is 14.5 Å². The monoisotopic (exact) mass is 258 g/mol. The molecule has 0 aliphatic rings. The van der Waals surface area contributed by atoms with Gasteiger partial charge >= 0.3 is 5.69 Å². The summed E-state index contributed by atoms with van der Waals surface area (Å²) in [5.74, 6) is 0.841. The minimum atomic E-state index is -0.231. The number of nitrogens with zero attached hydrogens (tertiary/aromatic N) is 3. The van der Waals surface area contributed by atoms with E-state index >= 15 is 0 Å². The number of hydrogen-bond acceptors (Lipinski definition) is 4. The Morgan fingerprint density at radius 3 is 3.00 bits per heavy atom. The molecule has 1 N–H and O–H groups in total. The van der Waals surface area contributed by atoms with Crippen LogP contribution in [0.15, 0.2) is 35.5 Å². The molecule has 0 saturated carbocycles. The maximum Gasteiger partial charge on any atom is 0.347 e. The van der Waals surface area contributed by atoms with Gasteiger partial charge in [-0.15, -0.1) is 0 Å². The highest BCUT2D eigenvalue weighted by molar-refractivity contribution is 5.37. The van der Waals surface area contributed by atoms with E-state index in [9.17, 15) is 4.79 Å². The molecular formula is C14H18N4O. The van der Waals surface area contributed by atoms with Crippen LogP contribution in [0.25, 0.3) is 0 Å². The first-order chi connectivity index (χ1) is 9.19. The highest BCUT2D eigenvalue weighted by atomic mass is 16.1. The predicted octanol–water partition coefficient (Wildman–Crippen LogP) is 1.82. The van der Waals surface area contributed by atoms with Gasteiger partial charge in [-0.2, -0.15) is 0 Å². The van der Waals surface area contributed by atoms with E-state index in [2.05, 4.69) is 22.2 Å². The van der Waals surface area contributed by atoms with E-state index in [0.717, 1.165) is 29.9 Å². The number of aromatic nitrogens is 3. The molecule has 0 aromatic carbocycles.